The van der Waals surface area contributed by atoms with Crippen molar-refractivity contribution in [1.82, 2.24) is 20.0 Å². The molecule has 2 fully saturated rings. The van der Waals surface area contributed by atoms with E-state index in [-0.39, 0.29) is 36.3 Å². The van der Waals surface area contributed by atoms with Gasteiger partial charge < -0.3 is 15.0 Å². The van der Waals surface area contributed by atoms with Gasteiger partial charge in [0.25, 0.3) is 0 Å². The molecule has 0 saturated carbocycles. The summed E-state index contributed by atoms with van der Waals surface area (Å²) in [5, 5.41) is 7.57. The summed E-state index contributed by atoms with van der Waals surface area (Å²) < 4.78 is 7.14. The Labute approximate surface area is 131 Å². The van der Waals surface area contributed by atoms with E-state index in [1.54, 1.807) is 11.8 Å². The lowest BCUT2D eigenvalue weighted by molar-refractivity contribution is -0.134. The first-order valence-electron chi connectivity index (χ1n) is 7.20. The number of ether oxygens (including phenoxy) is 1. The minimum absolute atomic E-state index is 0. The number of hydrogen-bond donors (Lipinski definition) is 1. The molecule has 2 aliphatic rings. The molecule has 1 aromatic rings. The first kappa shape index (κ1) is 16.3. The van der Waals surface area contributed by atoms with Crippen LogP contribution < -0.4 is 5.32 Å². The molecule has 7 heteroatoms. The number of methoxy groups -OCH3 is 1. The molecule has 1 N–H and O–H groups in total. The maximum atomic E-state index is 12.7. The Balaban J connectivity index is 0.00000161. The summed E-state index contributed by atoms with van der Waals surface area (Å²) in [6.07, 6.45) is 5.03. The molecule has 0 spiro atoms. The highest BCUT2D eigenvalue weighted by Gasteiger charge is 2.39. The fraction of sp³-hybridized carbons (Fsp3) is 0.714. The van der Waals surface area contributed by atoms with Crippen LogP contribution in [0, 0.1) is 5.92 Å². The van der Waals surface area contributed by atoms with Gasteiger partial charge in [-0.3, -0.25) is 9.48 Å². The predicted octanol–water partition coefficient (Wildman–Crippen LogP) is 0.392. The number of carbonyl (C=O) groups excluding carboxylic acids is 1. The Morgan fingerprint density at radius 1 is 1.48 bits per heavy atom. The number of amides is 1. The summed E-state index contributed by atoms with van der Waals surface area (Å²) in [5.41, 5.74) is 1.15. The third-order valence-corrected chi connectivity index (χ3v) is 4.47. The summed E-state index contributed by atoms with van der Waals surface area (Å²) in [6.45, 7) is 3.15. The van der Waals surface area contributed by atoms with E-state index in [9.17, 15) is 4.79 Å². The monoisotopic (exact) mass is 314 g/mol. The van der Waals surface area contributed by atoms with Crippen molar-refractivity contribution in [3.63, 3.8) is 0 Å². The van der Waals surface area contributed by atoms with Crippen molar-refractivity contribution in [1.29, 1.82) is 0 Å². The first-order valence-corrected chi connectivity index (χ1v) is 7.20. The van der Waals surface area contributed by atoms with Crippen molar-refractivity contribution in [2.45, 2.75) is 18.4 Å². The summed E-state index contributed by atoms with van der Waals surface area (Å²) >= 11 is 0. The Hall–Kier alpha value is -1.11. The third-order valence-electron chi connectivity index (χ3n) is 4.47. The average molecular weight is 315 g/mol. The van der Waals surface area contributed by atoms with Gasteiger partial charge in [-0.15, -0.1) is 12.4 Å². The molecule has 2 aliphatic heterocycles. The SMILES string of the molecule is CO[C@@H]1CCN(C(=O)[C@H]2CNC[C@@H]2c2cnn(C)c2)C1.Cl. The summed E-state index contributed by atoms with van der Waals surface area (Å²) in [5.74, 6) is 0.510. The van der Waals surface area contributed by atoms with Crippen LogP contribution in [0.2, 0.25) is 0 Å². The zero-order valence-electron chi connectivity index (χ0n) is 12.5. The van der Waals surface area contributed by atoms with Gasteiger partial charge in [0, 0.05) is 52.5 Å². The van der Waals surface area contributed by atoms with E-state index < -0.39 is 0 Å². The van der Waals surface area contributed by atoms with Gasteiger partial charge in [0.15, 0.2) is 0 Å². The van der Waals surface area contributed by atoms with Crippen LogP contribution in [0.15, 0.2) is 12.4 Å². The van der Waals surface area contributed by atoms with Crippen LogP contribution in [-0.4, -0.2) is 60.0 Å². The molecule has 21 heavy (non-hydrogen) atoms. The Kier molecular flexibility index (Phi) is 5.24. The molecule has 3 heterocycles. The smallest absolute Gasteiger partial charge is 0.227 e. The second kappa shape index (κ2) is 6.77. The van der Waals surface area contributed by atoms with Gasteiger partial charge in [0.05, 0.1) is 18.2 Å². The van der Waals surface area contributed by atoms with Crippen molar-refractivity contribution in [2.24, 2.45) is 13.0 Å². The average Bonchev–Trinajstić information content (AvgIpc) is 3.17. The fourth-order valence-corrected chi connectivity index (χ4v) is 3.28. The molecule has 1 amide bonds. The number of carbonyl (C=O) groups is 1. The molecule has 3 rings (SSSR count). The van der Waals surface area contributed by atoms with E-state index in [1.165, 1.54) is 0 Å². The molecule has 0 aliphatic carbocycles. The van der Waals surface area contributed by atoms with Gasteiger partial charge >= 0.3 is 0 Å². The third kappa shape index (κ3) is 3.22. The normalized spacial score (nSPS) is 28.7. The highest BCUT2D eigenvalue weighted by atomic mass is 35.5. The lowest BCUT2D eigenvalue weighted by Gasteiger charge is -2.23. The van der Waals surface area contributed by atoms with Crippen LogP contribution in [0.25, 0.3) is 0 Å². The van der Waals surface area contributed by atoms with Gasteiger partial charge in [-0.25, -0.2) is 0 Å². The number of nitrogens with one attached hydrogen (secondary N) is 1. The van der Waals surface area contributed by atoms with Crippen LogP contribution in [0.3, 0.4) is 0 Å². The minimum Gasteiger partial charge on any atom is -0.380 e. The Morgan fingerprint density at radius 3 is 2.90 bits per heavy atom. The van der Waals surface area contributed by atoms with E-state index in [0.717, 1.165) is 38.2 Å². The summed E-state index contributed by atoms with van der Waals surface area (Å²) in [4.78, 5) is 14.7. The van der Waals surface area contributed by atoms with Gasteiger partial charge in [-0.2, -0.15) is 5.10 Å². The van der Waals surface area contributed by atoms with Gasteiger partial charge in [-0.1, -0.05) is 0 Å². The molecule has 0 unspecified atom stereocenters. The highest BCUT2D eigenvalue weighted by molar-refractivity contribution is 5.85. The lowest BCUT2D eigenvalue weighted by atomic mass is 9.90. The number of aryl methyl sites for hydroxylation is 1. The quantitative estimate of drug-likeness (QED) is 0.877. The minimum atomic E-state index is 0. The zero-order chi connectivity index (χ0) is 14.1. The number of halogens is 1. The van der Waals surface area contributed by atoms with Crippen LogP contribution in [0.5, 0.6) is 0 Å². The summed E-state index contributed by atoms with van der Waals surface area (Å²) in [6, 6.07) is 0. The summed E-state index contributed by atoms with van der Waals surface area (Å²) in [7, 11) is 3.63. The lowest BCUT2D eigenvalue weighted by Crippen LogP contribution is -2.37. The molecule has 118 valence electrons. The Morgan fingerprint density at radius 2 is 2.29 bits per heavy atom. The van der Waals surface area contributed by atoms with E-state index in [1.807, 2.05) is 24.3 Å². The number of likely N-dealkylation sites (tertiary alicyclic amines) is 1. The van der Waals surface area contributed by atoms with Crippen LogP contribution in [0.1, 0.15) is 17.9 Å². The molecule has 3 atom stereocenters. The van der Waals surface area contributed by atoms with Crippen LogP contribution >= 0.6 is 12.4 Å². The predicted molar refractivity (Wildman–Crippen MR) is 81.6 cm³/mol. The second-order valence-electron chi connectivity index (χ2n) is 5.75. The zero-order valence-corrected chi connectivity index (χ0v) is 13.3. The molecular formula is C14H23ClN4O2. The Bertz CT molecular complexity index is 493. The molecule has 0 aromatic carbocycles. The highest BCUT2D eigenvalue weighted by Crippen LogP contribution is 2.30. The van der Waals surface area contributed by atoms with Crippen molar-refractivity contribution in [3.8, 4) is 0 Å². The van der Waals surface area contributed by atoms with E-state index in [4.69, 9.17) is 4.74 Å². The standard InChI is InChI=1S/C14H22N4O2.ClH/c1-17-8-10(5-16-17)12-6-15-7-13(12)14(19)18-4-3-11(9-18)20-2;/h5,8,11-13,15H,3-4,6-7,9H2,1-2H3;1H/t11-,12-,13+;/m1./s1. The van der Waals surface area contributed by atoms with Crippen molar-refractivity contribution >= 4 is 18.3 Å². The van der Waals surface area contributed by atoms with E-state index in [2.05, 4.69) is 10.4 Å². The van der Waals surface area contributed by atoms with Gasteiger partial charge in [0.1, 0.15) is 0 Å². The molecular weight excluding hydrogens is 292 g/mol. The van der Waals surface area contributed by atoms with Crippen molar-refractivity contribution in [2.75, 3.05) is 33.3 Å². The van der Waals surface area contributed by atoms with E-state index >= 15 is 0 Å². The fourth-order valence-electron chi connectivity index (χ4n) is 3.28. The molecule has 1 aromatic heterocycles. The van der Waals surface area contributed by atoms with Crippen LogP contribution in [0.4, 0.5) is 0 Å². The van der Waals surface area contributed by atoms with Gasteiger partial charge in [0.2, 0.25) is 5.91 Å². The molecule has 0 radical (unpaired) electrons. The molecule has 2 saturated heterocycles. The second-order valence-corrected chi connectivity index (χ2v) is 5.75. The number of nitrogens with zero attached hydrogens (tertiary/aromatic N) is 3. The molecule has 0 bridgehead atoms. The van der Waals surface area contributed by atoms with Gasteiger partial charge in [-0.05, 0) is 12.0 Å². The van der Waals surface area contributed by atoms with Crippen LogP contribution in [-0.2, 0) is 16.6 Å². The maximum absolute atomic E-state index is 12.7. The first-order chi connectivity index (χ1) is 9.69. The number of hydrogen-bond acceptors (Lipinski definition) is 4. The van der Waals surface area contributed by atoms with Crippen molar-refractivity contribution < 1.29 is 9.53 Å². The van der Waals surface area contributed by atoms with E-state index in [0.29, 0.717) is 0 Å². The maximum Gasteiger partial charge on any atom is 0.227 e. The largest absolute Gasteiger partial charge is 0.380 e. The number of rotatable bonds is 3. The number of aromatic nitrogens is 2. The molecule has 6 nitrogen and oxygen atoms in total. The topological polar surface area (TPSA) is 59.4 Å². The van der Waals surface area contributed by atoms with Crippen molar-refractivity contribution in [3.05, 3.63) is 18.0 Å².